The maximum atomic E-state index is 12.4. The van der Waals surface area contributed by atoms with Gasteiger partial charge in [0.2, 0.25) is 5.91 Å². The first kappa shape index (κ1) is 15.1. The number of carbonyl (C=O) groups excluding carboxylic acids is 1. The first-order valence-electron chi connectivity index (χ1n) is 8.05. The van der Waals surface area contributed by atoms with E-state index in [1.807, 2.05) is 31.2 Å². The normalized spacial score (nSPS) is 30.4. The van der Waals surface area contributed by atoms with E-state index in [4.69, 9.17) is 4.74 Å². The van der Waals surface area contributed by atoms with Gasteiger partial charge in [-0.25, -0.2) is 5.43 Å². The number of ether oxygens (including phenoxy) is 1. The fourth-order valence-electron chi connectivity index (χ4n) is 3.96. The number of hydrogen-bond acceptors (Lipinski definition) is 3. The van der Waals surface area contributed by atoms with Crippen molar-refractivity contribution in [1.82, 2.24) is 5.43 Å². The molecule has 4 nitrogen and oxygen atoms in total. The molecule has 3 rings (SSSR count). The van der Waals surface area contributed by atoms with Crippen LogP contribution in [0.5, 0.6) is 5.75 Å². The predicted molar refractivity (Wildman–Crippen MR) is 86.9 cm³/mol. The molecule has 0 spiro atoms. The van der Waals surface area contributed by atoms with Gasteiger partial charge in [0.15, 0.2) is 0 Å². The summed E-state index contributed by atoms with van der Waals surface area (Å²) in [5, 5.41) is 4.28. The van der Waals surface area contributed by atoms with E-state index in [0.717, 1.165) is 17.0 Å². The summed E-state index contributed by atoms with van der Waals surface area (Å²) in [5.41, 5.74) is 4.80. The highest BCUT2D eigenvalue weighted by atomic mass is 16.5. The van der Waals surface area contributed by atoms with Crippen molar-refractivity contribution in [2.75, 3.05) is 7.11 Å². The maximum absolute atomic E-state index is 12.4. The van der Waals surface area contributed by atoms with Crippen LogP contribution in [0, 0.1) is 17.3 Å². The molecule has 118 valence electrons. The van der Waals surface area contributed by atoms with E-state index in [0.29, 0.717) is 5.92 Å². The highest BCUT2D eigenvalue weighted by Gasteiger charge is 2.64. The maximum Gasteiger partial charge on any atom is 0.244 e. The summed E-state index contributed by atoms with van der Waals surface area (Å²) >= 11 is 0. The molecule has 22 heavy (non-hydrogen) atoms. The lowest BCUT2D eigenvalue weighted by atomic mass is 9.90. The van der Waals surface area contributed by atoms with Gasteiger partial charge in [-0.2, -0.15) is 5.10 Å². The molecule has 1 N–H and O–H groups in total. The zero-order valence-corrected chi connectivity index (χ0v) is 13.6. The summed E-state index contributed by atoms with van der Waals surface area (Å²) in [6, 6.07) is 7.68. The summed E-state index contributed by atoms with van der Waals surface area (Å²) in [5.74, 6) is 1.62. The molecule has 0 heterocycles. The Morgan fingerprint density at radius 1 is 1.32 bits per heavy atom. The van der Waals surface area contributed by atoms with Crippen LogP contribution >= 0.6 is 0 Å². The molecule has 0 radical (unpaired) electrons. The minimum absolute atomic E-state index is 0.0854. The Labute approximate surface area is 131 Å². The van der Waals surface area contributed by atoms with Crippen LogP contribution in [0.15, 0.2) is 29.4 Å². The van der Waals surface area contributed by atoms with Crippen LogP contribution in [0.3, 0.4) is 0 Å². The van der Waals surface area contributed by atoms with Gasteiger partial charge in [-0.3, -0.25) is 4.79 Å². The Morgan fingerprint density at radius 3 is 2.64 bits per heavy atom. The molecule has 0 unspecified atom stereocenters. The van der Waals surface area contributed by atoms with E-state index in [-0.39, 0.29) is 17.2 Å². The van der Waals surface area contributed by atoms with Gasteiger partial charge in [-0.05, 0) is 60.9 Å². The number of amides is 1. The van der Waals surface area contributed by atoms with Gasteiger partial charge in [-0.15, -0.1) is 0 Å². The molecule has 2 saturated carbocycles. The molecule has 3 atom stereocenters. The predicted octanol–water partition coefficient (Wildman–Crippen LogP) is 3.36. The van der Waals surface area contributed by atoms with Crippen molar-refractivity contribution in [2.45, 2.75) is 39.5 Å². The van der Waals surface area contributed by atoms with Crippen LogP contribution in [0.25, 0.3) is 0 Å². The smallest absolute Gasteiger partial charge is 0.244 e. The zero-order chi connectivity index (χ0) is 15.7. The number of fused-ring (bicyclic) bond motifs is 1. The molecule has 2 fully saturated rings. The van der Waals surface area contributed by atoms with Gasteiger partial charge in [0.25, 0.3) is 0 Å². The average molecular weight is 300 g/mol. The van der Waals surface area contributed by atoms with Crippen molar-refractivity contribution < 1.29 is 9.53 Å². The Morgan fingerprint density at radius 2 is 2.05 bits per heavy atom. The minimum Gasteiger partial charge on any atom is -0.497 e. The lowest BCUT2D eigenvalue weighted by Gasteiger charge is -2.15. The summed E-state index contributed by atoms with van der Waals surface area (Å²) in [6.07, 6.45) is 4.88. The largest absolute Gasteiger partial charge is 0.497 e. The zero-order valence-electron chi connectivity index (χ0n) is 13.6. The fraction of sp³-hybridized carbons (Fsp3) is 0.556. The molecular weight excluding hydrogens is 276 g/mol. The number of carbonyl (C=O) groups is 1. The number of benzene rings is 1. The molecule has 0 saturated heterocycles. The van der Waals surface area contributed by atoms with Crippen molar-refractivity contribution in [1.29, 1.82) is 0 Å². The van der Waals surface area contributed by atoms with Crippen LogP contribution in [-0.4, -0.2) is 18.7 Å². The van der Waals surface area contributed by atoms with Gasteiger partial charge in [0.05, 0.1) is 12.8 Å². The fourth-order valence-corrected chi connectivity index (χ4v) is 3.96. The molecule has 0 aliphatic heterocycles. The lowest BCUT2D eigenvalue weighted by molar-refractivity contribution is -0.123. The van der Waals surface area contributed by atoms with Crippen LogP contribution in [-0.2, 0) is 4.79 Å². The highest BCUT2D eigenvalue weighted by molar-refractivity contribution is 5.99. The summed E-state index contributed by atoms with van der Waals surface area (Å²) in [7, 11) is 1.64. The van der Waals surface area contributed by atoms with Crippen molar-refractivity contribution in [3.63, 3.8) is 0 Å². The quantitative estimate of drug-likeness (QED) is 0.684. The average Bonchev–Trinajstić information content (AvgIpc) is 3.18. The van der Waals surface area contributed by atoms with E-state index in [1.165, 1.54) is 25.7 Å². The SMILES string of the molecule is COc1ccc(/C(C)=N\NC(=O)[C@@H]2[C@@H]3CCCC[C@@]23C)cc1. The number of hydrazone groups is 1. The first-order chi connectivity index (χ1) is 10.6. The summed E-state index contributed by atoms with van der Waals surface area (Å²) in [4.78, 5) is 12.4. The first-order valence-corrected chi connectivity index (χ1v) is 8.05. The van der Waals surface area contributed by atoms with Gasteiger partial charge in [-0.1, -0.05) is 19.8 Å². The van der Waals surface area contributed by atoms with E-state index in [1.54, 1.807) is 7.11 Å². The molecule has 0 bridgehead atoms. The molecule has 1 aromatic carbocycles. The van der Waals surface area contributed by atoms with Crippen LogP contribution < -0.4 is 10.2 Å². The Kier molecular flexibility index (Phi) is 3.94. The van der Waals surface area contributed by atoms with Crippen molar-refractivity contribution >= 4 is 11.6 Å². The third-order valence-corrected chi connectivity index (χ3v) is 5.46. The summed E-state index contributed by atoms with van der Waals surface area (Å²) < 4.78 is 5.14. The van der Waals surface area contributed by atoms with Crippen molar-refractivity contribution in [3.05, 3.63) is 29.8 Å². The third kappa shape index (κ3) is 2.62. The van der Waals surface area contributed by atoms with Crippen LogP contribution in [0.2, 0.25) is 0 Å². The Hall–Kier alpha value is -1.84. The standard InChI is InChI=1S/C18H24N2O2/c1-12(13-7-9-14(22-3)10-8-13)19-20-17(21)16-15-6-4-5-11-18(15,16)2/h7-10,15-16H,4-6,11H2,1-3H3,(H,20,21)/b19-12-/t15-,16-,18+/m0/s1. The molecule has 0 aromatic heterocycles. The van der Waals surface area contributed by atoms with Gasteiger partial charge < -0.3 is 4.74 Å². The van der Waals surface area contributed by atoms with E-state index >= 15 is 0 Å². The molecule has 2 aliphatic rings. The minimum atomic E-state index is 0.0854. The second-order valence-electron chi connectivity index (χ2n) is 6.74. The van der Waals surface area contributed by atoms with Gasteiger partial charge >= 0.3 is 0 Å². The van der Waals surface area contributed by atoms with Gasteiger partial charge in [0, 0.05) is 5.92 Å². The Bertz CT molecular complexity index is 594. The van der Waals surface area contributed by atoms with Crippen LogP contribution in [0.4, 0.5) is 0 Å². The second-order valence-corrected chi connectivity index (χ2v) is 6.74. The Balaban J connectivity index is 1.62. The molecule has 1 aromatic rings. The van der Waals surface area contributed by atoms with Gasteiger partial charge in [0.1, 0.15) is 5.75 Å². The number of nitrogens with zero attached hydrogens (tertiary/aromatic N) is 1. The van der Waals surface area contributed by atoms with E-state index in [2.05, 4.69) is 17.5 Å². The topological polar surface area (TPSA) is 50.7 Å². The molecule has 2 aliphatic carbocycles. The van der Waals surface area contributed by atoms with E-state index in [9.17, 15) is 4.79 Å². The number of nitrogens with one attached hydrogen (secondary N) is 1. The van der Waals surface area contributed by atoms with Crippen molar-refractivity contribution in [3.8, 4) is 5.75 Å². The monoisotopic (exact) mass is 300 g/mol. The van der Waals surface area contributed by atoms with E-state index < -0.39 is 0 Å². The molecule has 1 amide bonds. The second kappa shape index (κ2) is 5.75. The molecule has 4 heteroatoms. The summed E-state index contributed by atoms with van der Waals surface area (Å²) in [6.45, 7) is 4.16. The lowest BCUT2D eigenvalue weighted by Crippen LogP contribution is -2.23. The third-order valence-electron chi connectivity index (χ3n) is 5.46. The van der Waals surface area contributed by atoms with Crippen molar-refractivity contribution in [2.24, 2.45) is 22.4 Å². The number of methoxy groups -OCH3 is 1. The number of hydrogen-bond donors (Lipinski definition) is 1. The van der Waals surface area contributed by atoms with Crippen LogP contribution in [0.1, 0.15) is 45.1 Å². The highest BCUT2D eigenvalue weighted by Crippen LogP contribution is 2.66. The number of rotatable bonds is 4. The molecular formula is C18H24N2O2.